The number of nitrogens with zero attached hydrogens (tertiary/aromatic N) is 1. The second kappa shape index (κ2) is 6.19. The first kappa shape index (κ1) is 13.4. The second-order valence-corrected chi connectivity index (χ2v) is 6.18. The summed E-state index contributed by atoms with van der Waals surface area (Å²) >= 11 is 0. The van der Waals surface area contributed by atoms with E-state index in [4.69, 9.17) is 5.73 Å². The zero-order valence-corrected chi connectivity index (χ0v) is 11.7. The third-order valence-electron chi connectivity index (χ3n) is 5.36. The smallest absolute Gasteiger partial charge is 0.0136 e. The lowest BCUT2D eigenvalue weighted by Gasteiger charge is -2.42. The van der Waals surface area contributed by atoms with Crippen LogP contribution in [0.5, 0.6) is 0 Å². The molecule has 2 nitrogen and oxygen atoms in total. The van der Waals surface area contributed by atoms with E-state index in [0.29, 0.717) is 0 Å². The molecule has 100 valence electrons. The molecule has 0 aromatic heterocycles. The van der Waals surface area contributed by atoms with Crippen LogP contribution >= 0.6 is 0 Å². The molecule has 0 bridgehead atoms. The van der Waals surface area contributed by atoms with E-state index in [-0.39, 0.29) is 0 Å². The summed E-state index contributed by atoms with van der Waals surface area (Å²) in [5.74, 6) is 1.70. The van der Waals surface area contributed by atoms with Crippen molar-refractivity contribution >= 4 is 0 Å². The molecule has 2 heteroatoms. The van der Waals surface area contributed by atoms with Crippen LogP contribution in [-0.4, -0.2) is 30.6 Å². The SMILES string of the molecule is CCC1CCCCC1N(C)C1CCCC1CN. The first-order valence-corrected chi connectivity index (χ1v) is 7.70. The highest BCUT2D eigenvalue weighted by Gasteiger charge is 2.35. The molecule has 2 fully saturated rings. The summed E-state index contributed by atoms with van der Waals surface area (Å²) < 4.78 is 0. The minimum Gasteiger partial charge on any atom is -0.330 e. The Hall–Kier alpha value is -0.0800. The molecule has 0 amide bonds. The van der Waals surface area contributed by atoms with Gasteiger partial charge in [0.2, 0.25) is 0 Å². The minimum absolute atomic E-state index is 0.763. The first-order valence-electron chi connectivity index (χ1n) is 7.70. The topological polar surface area (TPSA) is 29.3 Å². The molecule has 0 radical (unpaired) electrons. The molecule has 2 saturated carbocycles. The average Bonchev–Trinajstić information content (AvgIpc) is 2.86. The summed E-state index contributed by atoms with van der Waals surface area (Å²) in [5.41, 5.74) is 5.93. The highest BCUT2D eigenvalue weighted by Crippen LogP contribution is 2.36. The fraction of sp³-hybridized carbons (Fsp3) is 1.00. The van der Waals surface area contributed by atoms with E-state index in [0.717, 1.165) is 30.5 Å². The largest absolute Gasteiger partial charge is 0.330 e. The van der Waals surface area contributed by atoms with Gasteiger partial charge < -0.3 is 5.73 Å². The van der Waals surface area contributed by atoms with Crippen LogP contribution in [0, 0.1) is 11.8 Å². The highest BCUT2D eigenvalue weighted by atomic mass is 15.2. The molecular formula is C15H30N2. The maximum atomic E-state index is 5.93. The van der Waals surface area contributed by atoms with Crippen molar-refractivity contribution in [2.75, 3.05) is 13.6 Å². The summed E-state index contributed by atoms with van der Waals surface area (Å²) in [6.07, 6.45) is 11.2. The molecule has 0 saturated heterocycles. The van der Waals surface area contributed by atoms with Gasteiger partial charge >= 0.3 is 0 Å². The van der Waals surface area contributed by atoms with Crippen molar-refractivity contribution in [2.45, 2.75) is 70.4 Å². The molecule has 2 aliphatic rings. The van der Waals surface area contributed by atoms with Gasteiger partial charge in [0.15, 0.2) is 0 Å². The zero-order valence-electron chi connectivity index (χ0n) is 11.7. The van der Waals surface area contributed by atoms with Gasteiger partial charge in [-0.15, -0.1) is 0 Å². The summed E-state index contributed by atoms with van der Waals surface area (Å²) in [7, 11) is 2.37. The number of nitrogens with two attached hydrogens (primary N) is 1. The quantitative estimate of drug-likeness (QED) is 0.816. The molecule has 4 atom stereocenters. The maximum absolute atomic E-state index is 5.93. The van der Waals surface area contributed by atoms with Crippen molar-refractivity contribution in [1.29, 1.82) is 0 Å². The summed E-state index contributed by atoms with van der Waals surface area (Å²) in [4.78, 5) is 2.72. The molecule has 17 heavy (non-hydrogen) atoms. The Kier molecular flexibility index (Phi) is 4.87. The number of hydrogen-bond acceptors (Lipinski definition) is 2. The predicted molar refractivity (Wildman–Crippen MR) is 74.0 cm³/mol. The van der Waals surface area contributed by atoms with E-state index < -0.39 is 0 Å². The number of rotatable bonds is 4. The van der Waals surface area contributed by atoms with E-state index >= 15 is 0 Å². The predicted octanol–water partition coefficient (Wildman–Crippen LogP) is 3.01. The van der Waals surface area contributed by atoms with Gasteiger partial charge in [0.05, 0.1) is 0 Å². The van der Waals surface area contributed by atoms with Crippen LogP contribution in [0.1, 0.15) is 58.3 Å². The van der Waals surface area contributed by atoms with Gasteiger partial charge in [-0.2, -0.15) is 0 Å². The van der Waals surface area contributed by atoms with Crippen LogP contribution in [0.25, 0.3) is 0 Å². The fourth-order valence-corrected chi connectivity index (χ4v) is 4.27. The highest BCUT2D eigenvalue weighted by molar-refractivity contribution is 4.90. The van der Waals surface area contributed by atoms with Crippen LogP contribution in [0.15, 0.2) is 0 Å². The lowest BCUT2D eigenvalue weighted by molar-refractivity contribution is 0.0709. The second-order valence-electron chi connectivity index (χ2n) is 6.18. The molecule has 4 unspecified atom stereocenters. The average molecular weight is 238 g/mol. The molecule has 2 rings (SSSR count). The lowest BCUT2D eigenvalue weighted by Crippen LogP contribution is -2.48. The Morgan fingerprint density at radius 1 is 0.941 bits per heavy atom. The van der Waals surface area contributed by atoms with Gasteiger partial charge in [-0.25, -0.2) is 0 Å². The molecule has 0 heterocycles. The number of hydrogen-bond donors (Lipinski definition) is 1. The summed E-state index contributed by atoms with van der Waals surface area (Å²) in [6, 6.07) is 1.61. The van der Waals surface area contributed by atoms with Crippen LogP contribution in [0.2, 0.25) is 0 Å². The van der Waals surface area contributed by atoms with Crippen molar-refractivity contribution < 1.29 is 0 Å². The standard InChI is InChI=1S/C15H30N2/c1-3-12-7-4-5-9-14(12)17(2)15-10-6-8-13(15)11-16/h12-15H,3-11,16H2,1-2H3. The van der Waals surface area contributed by atoms with E-state index in [1.165, 1.54) is 51.4 Å². The van der Waals surface area contributed by atoms with Crippen molar-refractivity contribution in [3.63, 3.8) is 0 Å². The van der Waals surface area contributed by atoms with Crippen molar-refractivity contribution in [3.8, 4) is 0 Å². The monoisotopic (exact) mass is 238 g/mol. The van der Waals surface area contributed by atoms with Gasteiger partial charge in [0, 0.05) is 12.1 Å². The van der Waals surface area contributed by atoms with E-state index in [2.05, 4.69) is 18.9 Å². The van der Waals surface area contributed by atoms with Crippen molar-refractivity contribution in [1.82, 2.24) is 4.90 Å². The van der Waals surface area contributed by atoms with Crippen LogP contribution in [-0.2, 0) is 0 Å². The van der Waals surface area contributed by atoms with E-state index in [9.17, 15) is 0 Å². The Morgan fingerprint density at radius 2 is 1.53 bits per heavy atom. The summed E-state index contributed by atoms with van der Waals surface area (Å²) in [6.45, 7) is 3.25. The molecular weight excluding hydrogens is 208 g/mol. The lowest BCUT2D eigenvalue weighted by atomic mass is 9.81. The maximum Gasteiger partial charge on any atom is 0.0136 e. The van der Waals surface area contributed by atoms with Crippen LogP contribution < -0.4 is 5.73 Å². The van der Waals surface area contributed by atoms with E-state index in [1.54, 1.807) is 0 Å². The normalized spacial score (nSPS) is 38.8. The van der Waals surface area contributed by atoms with Gasteiger partial charge in [0.25, 0.3) is 0 Å². The van der Waals surface area contributed by atoms with Crippen LogP contribution in [0.4, 0.5) is 0 Å². The third kappa shape index (κ3) is 2.85. The fourth-order valence-electron chi connectivity index (χ4n) is 4.27. The molecule has 2 aliphatic carbocycles. The third-order valence-corrected chi connectivity index (χ3v) is 5.36. The Labute approximate surface area is 107 Å². The van der Waals surface area contributed by atoms with Crippen LogP contribution in [0.3, 0.4) is 0 Å². The molecule has 2 N–H and O–H groups in total. The van der Waals surface area contributed by atoms with Crippen molar-refractivity contribution in [3.05, 3.63) is 0 Å². The Balaban J connectivity index is 1.99. The Morgan fingerprint density at radius 3 is 2.24 bits per heavy atom. The minimum atomic E-state index is 0.763. The van der Waals surface area contributed by atoms with Crippen molar-refractivity contribution in [2.24, 2.45) is 17.6 Å². The zero-order chi connectivity index (χ0) is 12.3. The molecule has 0 spiro atoms. The molecule has 0 aromatic rings. The van der Waals surface area contributed by atoms with E-state index in [1.807, 2.05) is 0 Å². The first-order chi connectivity index (χ1) is 8.27. The van der Waals surface area contributed by atoms with Gasteiger partial charge in [-0.3, -0.25) is 4.90 Å². The summed E-state index contributed by atoms with van der Waals surface area (Å²) in [5, 5.41) is 0. The van der Waals surface area contributed by atoms with Gasteiger partial charge in [-0.1, -0.05) is 32.6 Å². The molecule has 0 aliphatic heterocycles. The van der Waals surface area contributed by atoms with Gasteiger partial charge in [0.1, 0.15) is 0 Å². The van der Waals surface area contributed by atoms with Gasteiger partial charge in [-0.05, 0) is 51.1 Å². The Bertz CT molecular complexity index is 229. The molecule has 0 aromatic carbocycles.